The van der Waals surface area contributed by atoms with E-state index in [1.165, 1.54) is 14.7 Å². The van der Waals surface area contributed by atoms with Crippen LogP contribution in [0.4, 0.5) is 8.78 Å². The molecule has 0 saturated heterocycles. The van der Waals surface area contributed by atoms with Crippen molar-refractivity contribution in [2.45, 2.75) is 45.6 Å². The Morgan fingerprint density at radius 1 is 0.725 bits per heavy atom. The number of benzene rings is 3. The molecule has 0 fully saturated rings. The van der Waals surface area contributed by atoms with Gasteiger partial charge in [0.25, 0.3) is 10.1 Å². The zero-order chi connectivity index (χ0) is 29.7. The first-order valence-corrected chi connectivity index (χ1v) is 16.5. The summed E-state index contributed by atoms with van der Waals surface area (Å²) < 4.78 is 85.3. The normalized spacial score (nSPS) is 11.9. The van der Waals surface area contributed by atoms with E-state index >= 15 is 0 Å². The van der Waals surface area contributed by atoms with Gasteiger partial charge in [0.2, 0.25) is 0 Å². The predicted molar refractivity (Wildman–Crippen MR) is 146 cm³/mol. The van der Waals surface area contributed by atoms with Crippen molar-refractivity contribution in [2.24, 2.45) is 0 Å². The van der Waals surface area contributed by atoms with Crippen LogP contribution in [0.5, 0.6) is 0 Å². The third kappa shape index (κ3) is 11.3. The summed E-state index contributed by atoms with van der Waals surface area (Å²) >= 11 is 0. The zero-order valence-electron chi connectivity index (χ0n) is 21.6. The second-order valence-electron chi connectivity index (χ2n) is 8.29. The fraction of sp³-hybridized carbons (Fsp3) is 0.296. The van der Waals surface area contributed by atoms with E-state index in [1.807, 2.05) is 0 Å². The number of hydrogen-bond donors (Lipinski definition) is 0. The van der Waals surface area contributed by atoms with Gasteiger partial charge >= 0.3 is 11.2 Å². The molecule has 0 radical (unpaired) electrons. The summed E-state index contributed by atoms with van der Waals surface area (Å²) in [4.78, 5) is 14.8. The quantitative estimate of drug-likeness (QED) is 0.0865. The molecule has 0 N–H and O–H groups in total. The Kier molecular flexibility index (Phi) is 13.2. The molecule has 0 spiro atoms. The maximum Gasteiger partial charge on any atom is 0.428 e. The summed E-state index contributed by atoms with van der Waals surface area (Å²) in [7, 11) is -9.62. The van der Waals surface area contributed by atoms with Crippen LogP contribution in [0.25, 0.3) is 0 Å². The van der Waals surface area contributed by atoms with Crippen LogP contribution in [0, 0.1) is 0 Å². The standard InChI is InChI=1S/C18H15S.C9H16F2O8S2/c1-4-10-16(11-5-1)19(17-12-6-2-7-13-17)18-14-8-3-9-15-18;1-20(13,14)19-7-5-3-2-4-6-18-8(12)9(10,11)21(15,16)17/h1-15H;2-7H2,1H3,(H,15,16,17)/q+1;/p-1. The molecule has 3 rings (SSSR count). The molecule has 13 heteroatoms. The SMILES string of the molecule is CS(=O)(=O)OCCCCCCOC(=O)C(F)(F)S(=O)(=O)[O-].c1ccc([S+](c2ccccc2)c2ccccc2)cc1. The number of esters is 1. The highest BCUT2D eigenvalue weighted by molar-refractivity contribution is 7.97. The van der Waals surface area contributed by atoms with Gasteiger partial charge in [0.1, 0.15) is 0 Å². The second kappa shape index (κ2) is 15.8. The molecule has 0 bridgehead atoms. The number of hydrogen-bond acceptors (Lipinski definition) is 8. The number of halogens is 2. The third-order valence-corrected chi connectivity index (χ3v) is 8.68. The number of carbonyl (C=O) groups is 1. The van der Waals surface area contributed by atoms with Crippen molar-refractivity contribution in [3.05, 3.63) is 91.0 Å². The van der Waals surface area contributed by atoms with Crippen molar-refractivity contribution in [3.8, 4) is 0 Å². The average Bonchev–Trinajstić information content (AvgIpc) is 2.91. The van der Waals surface area contributed by atoms with Crippen LogP contribution >= 0.6 is 0 Å². The van der Waals surface area contributed by atoms with E-state index in [0.717, 1.165) is 6.26 Å². The summed E-state index contributed by atoms with van der Waals surface area (Å²) in [6.07, 6.45) is 2.35. The van der Waals surface area contributed by atoms with Crippen molar-refractivity contribution < 1.29 is 43.9 Å². The molecule has 0 amide bonds. The molecular weight excluding hydrogens is 586 g/mol. The molecule has 3 aromatic carbocycles. The Morgan fingerprint density at radius 2 is 1.10 bits per heavy atom. The fourth-order valence-electron chi connectivity index (χ4n) is 3.20. The van der Waals surface area contributed by atoms with E-state index in [2.05, 4.69) is 99.9 Å². The van der Waals surface area contributed by atoms with Gasteiger partial charge < -0.3 is 9.29 Å². The Morgan fingerprint density at radius 3 is 1.45 bits per heavy atom. The summed E-state index contributed by atoms with van der Waals surface area (Å²) in [6, 6.07) is 32.2. The summed E-state index contributed by atoms with van der Waals surface area (Å²) in [5.74, 6) is -2.40. The Hall–Kier alpha value is -2.84. The van der Waals surface area contributed by atoms with Crippen molar-refractivity contribution in [3.63, 3.8) is 0 Å². The lowest BCUT2D eigenvalue weighted by molar-refractivity contribution is -0.161. The molecule has 218 valence electrons. The van der Waals surface area contributed by atoms with Crippen LogP contribution in [0.3, 0.4) is 0 Å². The first-order valence-electron chi connectivity index (χ1n) is 12.1. The molecule has 0 unspecified atom stereocenters. The molecule has 8 nitrogen and oxygen atoms in total. The number of unbranched alkanes of at least 4 members (excludes halogenated alkanes) is 3. The molecule has 0 atom stereocenters. The molecule has 0 aliphatic rings. The van der Waals surface area contributed by atoms with Crippen molar-refractivity contribution >= 4 is 37.1 Å². The van der Waals surface area contributed by atoms with Crippen LogP contribution in [0.1, 0.15) is 25.7 Å². The Labute approximate surface area is 236 Å². The zero-order valence-corrected chi connectivity index (χ0v) is 24.1. The highest BCUT2D eigenvalue weighted by Gasteiger charge is 2.48. The lowest BCUT2D eigenvalue weighted by Crippen LogP contribution is -2.39. The van der Waals surface area contributed by atoms with E-state index in [4.69, 9.17) is 0 Å². The van der Waals surface area contributed by atoms with Gasteiger partial charge in [0, 0.05) is 0 Å². The van der Waals surface area contributed by atoms with Crippen LogP contribution in [-0.4, -0.2) is 52.1 Å². The molecule has 40 heavy (non-hydrogen) atoms. The number of carbonyl (C=O) groups excluding carboxylic acids is 1. The van der Waals surface area contributed by atoms with E-state index in [1.54, 1.807) is 0 Å². The fourth-order valence-corrected chi connectivity index (χ4v) is 5.98. The predicted octanol–water partition coefficient (Wildman–Crippen LogP) is 4.99. The number of rotatable bonds is 13. The van der Waals surface area contributed by atoms with Gasteiger partial charge in [0.05, 0.1) is 30.4 Å². The van der Waals surface area contributed by atoms with E-state index in [0.29, 0.717) is 19.3 Å². The van der Waals surface area contributed by atoms with Crippen molar-refractivity contribution in [1.82, 2.24) is 0 Å². The molecule has 0 heterocycles. The van der Waals surface area contributed by atoms with E-state index in [-0.39, 0.29) is 23.9 Å². The van der Waals surface area contributed by atoms with Crippen LogP contribution < -0.4 is 0 Å². The first kappa shape index (κ1) is 33.4. The lowest BCUT2D eigenvalue weighted by Gasteiger charge is -2.17. The number of alkyl halides is 2. The molecule has 0 aliphatic carbocycles. The van der Waals surface area contributed by atoms with E-state index < -0.39 is 38.1 Å². The van der Waals surface area contributed by atoms with Gasteiger partial charge in [-0.2, -0.15) is 17.2 Å². The highest BCUT2D eigenvalue weighted by Crippen LogP contribution is 2.30. The Bertz CT molecular complexity index is 1290. The smallest absolute Gasteiger partial charge is 0.428 e. The van der Waals surface area contributed by atoms with Gasteiger partial charge in [-0.1, -0.05) is 61.0 Å². The van der Waals surface area contributed by atoms with Gasteiger partial charge in [-0.05, 0) is 55.7 Å². The summed E-state index contributed by atoms with van der Waals surface area (Å²) in [5.41, 5.74) is 0. The van der Waals surface area contributed by atoms with Gasteiger partial charge in [-0.3, -0.25) is 4.18 Å². The van der Waals surface area contributed by atoms with E-state index in [9.17, 15) is 35.0 Å². The van der Waals surface area contributed by atoms with Crippen LogP contribution in [0.2, 0.25) is 0 Å². The van der Waals surface area contributed by atoms with Crippen molar-refractivity contribution in [2.75, 3.05) is 19.5 Å². The number of ether oxygens (including phenoxy) is 1. The maximum atomic E-state index is 12.7. The van der Waals surface area contributed by atoms with Crippen LogP contribution in [0.15, 0.2) is 106 Å². The lowest BCUT2D eigenvalue weighted by atomic mass is 10.2. The largest absolute Gasteiger partial charge is 0.743 e. The maximum absolute atomic E-state index is 12.7. The molecule has 0 saturated carbocycles. The monoisotopic (exact) mass is 616 g/mol. The second-order valence-corrected chi connectivity index (χ2v) is 13.4. The van der Waals surface area contributed by atoms with Gasteiger partial charge in [0.15, 0.2) is 24.8 Å². The molecule has 0 aromatic heterocycles. The molecule has 0 aliphatic heterocycles. The van der Waals surface area contributed by atoms with Gasteiger partial charge in [-0.25, -0.2) is 13.2 Å². The highest BCUT2D eigenvalue weighted by atomic mass is 32.2. The topological polar surface area (TPSA) is 127 Å². The van der Waals surface area contributed by atoms with Gasteiger partial charge in [-0.15, -0.1) is 0 Å². The minimum absolute atomic E-state index is 0.0146. The summed E-state index contributed by atoms with van der Waals surface area (Å²) in [6.45, 7) is -0.498. The Balaban J connectivity index is 0.000000281. The molecule has 3 aromatic rings. The first-order chi connectivity index (χ1) is 18.8. The average molecular weight is 617 g/mol. The molecular formula is C27H30F2O8S3. The minimum atomic E-state index is -6.10. The third-order valence-electron chi connectivity index (χ3n) is 5.06. The van der Waals surface area contributed by atoms with Crippen LogP contribution in [-0.2, 0) is 44.8 Å². The minimum Gasteiger partial charge on any atom is -0.743 e. The summed E-state index contributed by atoms with van der Waals surface area (Å²) in [5, 5.41) is -5.10. The van der Waals surface area contributed by atoms with Crippen molar-refractivity contribution in [1.29, 1.82) is 0 Å².